The first kappa shape index (κ1) is 11.0. The number of hydrogen-bond acceptors (Lipinski definition) is 2. The minimum Gasteiger partial charge on any atom is -0.494 e. The molecule has 2 aromatic rings. The van der Waals surface area contributed by atoms with E-state index in [1.54, 1.807) is 0 Å². The van der Waals surface area contributed by atoms with E-state index in [4.69, 9.17) is 10.5 Å². The first-order valence-electron chi connectivity index (χ1n) is 5.68. The maximum Gasteiger partial charge on any atom is 0.120 e. The number of benzene rings is 1. The van der Waals surface area contributed by atoms with E-state index in [2.05, 4.69) is 29.8 Å². The summed E-state index contributed by atoms with van der Waals surface area (Å²) in [6, 6.07) is 6.21. The zero-order valence-electron chi connectivity index (χ0n) is 9.86. The Hall–Kier alpha value is -1.48. The number of fused-ring (bicyclic) bond motifs is 1. The topological polar surface area (TPSA) is 40.2 Å². The van der Waals surface area contributed by atoms with Crippen molar-refractivity contribution in [3.05, 3.63) is 30.0 Å². The van der Waals surface area contributed by atoms with Crippen molar-refractivity contribution < 1.29 is 4.74 Å². The largest absolute Gasteiger partial charge is 0.494 e. The highest BCUT2D eigenvalue weighted by atomic mass is 16.5. The number of aromatic nitrogens is 1. The number of nitrogens with zero attached hydrogens (tertiary/aromatic N) is 1. The fourth-order valence-electron chi connectivity index (χ4n) is 2.03. The van der Waals surface area contributed by atoms with Crippen LogP contribution in [0.15, 0.2) is 24.4 Å². The van der Waals surface area contributed by atoms with Gasteiger partial charge in [0.25, 0.3) is 0 Å². The van der Waals surface area contributed by atoms with Crippen LogP contribution in [-0.4, -0.2) is 17.7 Å². The van der Waals surface area contributed by atoms with E-state index in [0.29, 0.717) is 13.2 Å². The van der Waals surface area contributed by atoms with Gasteiger partial charge in [-0.05, 0) is 37.6 Å². The summed E-state index contributed by atoms with van der Waals surface area (Å²) in [6.45, 7) is 6.34. The predicted molar refractivity (Wildman–Crippen MR) is 66.9 cm³/mol. The summed E-state index contributed by atoms with van der Waals surface area (Å²) in [5, 5.41) is 1.25. The molecule has 0 radical (unpaired) electrons. The molecule has 1 heterocycles. The molecule has 3 heteroatoms. The molecule has 1 aromatic heterocycles. The number of aryl methyl sites for hydroxylation is 1. The SMILES string of the molecule is CCOc1ccc2c(c1)c(C)cn2CCN. The monoisotopic (exact) mass is 218 g/mol. The summed E-state index contributed by atoms with van der Waals surface area (Å²) in [5.74, 6) is 0.934. The van der Waals surface area contributed by atoms with Gasteiger partial charge in [-0.3, -0.25) is 0 Å². The molecule has 0 aliphatic heterocycles. The average Bonchev–Trinajstić information content (AvgIpc) is 2.57. The average molecular weight is 218 g/mol. The van der Waals surface area contributed by atoms with Crippen molar-refractivity contribution in [2.45, 2.75) is 20.4 Å². The molecule has 0 bridgehead atoms. The minimum atomic E-state index is 0.663. The summed E-state index contributed by atoms with van der Waals surface area (Å²) in [6.07, 6.45) is 2.15. The Morgan fingerprint density at radius 2 is 2.19 bits per heavy atom. The van der Waals surface area contributed by atoms with Crippen LogP contribution in [0.25, 0.3) is 10.9 Å². The number of rotatable bonds is 4. The van der Waals surface area contributed by atoms with Crippen LogP contribution in [0.1, 0.15) is 12.5 Å². The van der Waals surface area contributed by atoms with E-state index in [-0.39, 0.29) is 0 Å². The third-order valence-electron chi connectivity index (χ3n) is 2.73. The smallest absolute Gasteiger partial charge is 0.120 e. The molecule has 0 spiro atoms. The highest BCUT2D eigenvalue weighted by Gasteiger charge is 2.05. The molecule has 0 saturated carbocycles. The second kappa shape index (κ2) is 4.58. The number of ether oxygens (including phenoxy) is 1. The molecule has 0 unspecified atom stereocenters. The quantitative estimate of drug-likeness (QED) is 0.855. The van der Waals surface area contributed by atoms with Gasteiger partial charge in [0, 0.05) is 30.2 Å². The van der Waals surface area contributed by atoms with Gasteiger partial charge in [-0.25, -0.2) is 0 Å². The zero-order valence-corrected chi connectivity index (χ0v) is 9.86. The second-order valence-electron chi connectivity index (χ2n) is 3.91. The summed E-state index contributed by atoms with van der Waals surface area (Å²) in [4.78, 5) is 0. The Morgan fingerprint density at radius 3 is 2.88 bits per heavy atom. The molecule has 0 aliphatic carbocycles. The Bertz CT molecular complexity index is 488. The molecule has 1 aromatic carbocycles. The lowest BCUT2D eigenvalue weighted by molar-refractivity contribution is 0.340. The van der Waals surface area contributed by atoms with Crippen LogP contribution in [0.5, 0.6) is 5.75 Å². The van der Waals surface area contributed by atoms with E-state index >= 15 is 0 Å². The Morgan fingerprint density at radius 1 is 1.38 bits per heavy atom. The van der Waals surface area contributed by atoms with Crippen LogP contribution in [0, 0.1) is 6.92 Å². The van der Waals surface area contributed by atoms with Gasteiger partial charge in [0.2, 0.25) is 0 Å². The third kappa shape index (κ3) is 1.91. The van der Waals surface area contributed by atoms with Gasteiger partial charge >= 0.3 is 0 Å². The van der Waals surface area contributed by atoms with Gasteiger partial charge in [0.15, 0.2) is 0 Å². The van der Waals surface area contributed by atoms with Crippen molar-refractivity contribution in [3.63, 3.8) is 0 Å². The summed E-state index contributed by atoms with van der Waals surface area (Å²) in [7, 11) is 0. The van der Waals surface area contributed by atoms with Crippen LogP contribution in [-0.2, 0) is 6.54 Å². The van der Waals surface area contributed by atoms with Crippen LogP contribution in [0.4, 0.5) is 0 Å². The van der Waals surface area contributed by atoms with Crippen molar-refractivity contribution in [2.24, 2.45) is 5.73 Å². The highest BCUT2D eigenvalue weighted by Crippen LogP contribution is 2.25. The van der Waals surface area contributed by atoms with E-state index in [9.17, 15) is 0 Å². The van der Waals surface area contributed by atoms with Crippen LogP contribution < -0.4 is 10.5 Å². The Kier molecular flexibility index (Phi) is 3.15. The molecule has 2 N–H and O–H groups in total. The maximum absolute atomic E-state index is 5.59. The van der Waals surface area contributed by atoms with Gasteiger partial charge < -0.3 is 15.0 Å². The summed E-state index contributed by atoms with van der Waals surface area (Å²) in [5.41, 5.74) is 8.09. The number of nitrogens with two attached hydrogens (primary N) is 1. The van der Waals surface area contributed by atoms with Gasteiger partial charge in [0.05, 0.1) is 6.61 Å². The Labute approximate surface area is 95.8 Å². The van der Waals surface area contributed by atoms with Crippen LogP contribution in [0.3, 0.4) is 0 Å². The second-order valence-corrected chi connectivity index (χ2v) is 3.91. The van der Waals surface area contributed by atoms with Gasteiger partial charge in [0.1, 0.15) is 5.75 Å². The summed E-state index contributed by atoms with van der Waals surface area (Å²) < 4.78 is 7.70. The fraction of sp³-hybridized carbons (Fsp3) is 0.385. The molecule has 0 atom stereocenters. The summed E-state index contributed by atoms with van der Waals surface area (Å²) >= 11 is 0. The van der Waals surface area contributed by atoms with Crippen molar-refractivity contribution in [1.82, 2.24) is 4.57 Å². The molecule has 3 nitrogen and oxygen atoms in total. The normalized spacial score (nSPS) is 10.9. The van der Waals surface area contributed by atoms with E-state index < -0.39 is 0 Å². The Balaban J connectivity index is 2.48. The molecule has 2 rings (SSSR count). The molecular weight excluding hydrogens is 200 g/mol. The van der Waals surface area contributed by atoms with E-state index in [1.165, 1.54) is 16.5 Å². The van der Waals surface area contributed by atoms with Gasteiger partial charge in [-0.15, -0.1) is 0 Å². The zero-order chi connectivity index (χ0) is 11.5. The molecule has 0 saturated heterocycles. The standard InChI is InChI=1S/C13H18N2O/c1-3-16-11-4-5-13-12(8-11)10(2)9-15(13)7-6-14/h4-5,8-9H,3,6-7,14H2,1-2H3. The molecule has 0 amide bonds. The molecule has 86 valence electrons. The minimum absolute atomic E-state index is 0.663. The van der Waals surface area contributed by atoms with Crippen molar-refractivity contribution >= 4 is 10.9 Å². The maximum atomic E-state index is 5.59. The third-order valence-corrected chi connectivity index (χ3v) is 2.73. The van der Waals surface area contributed by atoms with E-state index in [0.717, 1.165) is 12.3 Å². The first-order chi connectivity index (χ1) is 7.76. The molecule has 0 aliphatic rings. The van der Waals surface area contributed by atoms with Crippen molar-refractivity contribution in [1.29, 1.82) is 0 Å². The van der Waals surface area contributed by atoms with Gasteiger partial charge in [-0.1, -0.05) is 0 Å². The molecule has 0 fully saturated rings. The van der Waals surface area contributed by atoms with Gasteiger partial charge in [-0.2, -0.15) is 0 Å². The highest BCUT2D eigenvalue weighted by molar-refractivity contribution is 5.85. The van der Waals surface area contributed by atoms with Crippen LogP contribution >= 0.6 is 0 Å². The van der Waals surface area contributed by atoms with E-state index in [1.807, 2.05) is 13.0 Å². The molecular formula is C13H18N2O. The lowest BCUT2D eigenvalue weighted by atomic mass is 10.2. The fourth-order valence-corrected chi connectivity index (χ4v) is 2.03. The first-order valence-corrected chi connectivity index (χ1v) is 5.68. The lowest BCUT2D eigenvalue weighted by Crippen LogP contribution is -2.08. The predicted octanol–water partition coefficient (Wildman–Crippen LogP) is 2.31. The molecule has 16 heavy (non-hydrogen) atoms. The van der Waals surface area contributed by atoms with Crippen molar-refractivity contribution in [2.75, 3.05) is 13.2 Å². The lowest BCUT2D eigenvalue weighted by Gasteiger charge is -2.05. The van der Waals surface area contributed by atoms with Crippen molar-refractivity contribution in [3.8, 4) is 5.75 Å². The number of hydrogen-bond donors (Lipinski definition) is 1. The van der Waals surface area contributed by atoms with Crippen LogP contribution in [0.2, 0.25) is 0 Å².